The lowest BCUT2D eigenvalue weighted by Crippen LogP contribution is -2.31. The maximum absolute atomic E-state index is 12.4. The van der Waals surface area contributed by atoms with Crippen LogP contribution < -0.4 is 0 Å². The SMILES string of the molecule is O=C(/C=C/c1ccc(Br)s1)N(Cc1ccncc1)C1CC1. The Kier molecular flexibility index (Phi) is 4.51. The summed E-state index contributed by atoms with van der Waals surface area (Å²) in [6, 6.07) is 8.31. The highest BCUT2D eigenvalue weighted by molar-refractivity contribution is 9.11. The van der Waals surface area contributed by atoms with Crippen LogP contribution in [0.4, 0.5) is 0 Å². The summed E-state index contributed by atoms with van der Waals surface area (Å²) < 4.78 is 1.07. The van der Waals surface area contributed by atoms with Gasteiger partial charge in [-0.1, -0.05) is 0 Å². The second-order valence-corrected chi connectivity index (χ2v) is 7.52. The van der Waals surface area contributed by atoms with Crippen molar-refractivity contribution in [3.05, 3.63) is 57.0 Å². The molecule has 0 aliphatic heterocycles. The molecule has 3 nitrogen and oxygen atoms in total. The molecule has 0 atom stereocenters. The fraction of sp³-hybridized carbons (Fsp3) is 0.250. The molecule has 1 fully saturated rings. The molecule has 2 aromatic rings. The number of nitrogens with zero attached hydrogens (tertiary/aromatic N) is 2. The van der Waals surface area contributed by atoms with Crippen LogP contribution in [0.3, 0.4) is 0 Å². The van der Waals surface area contributed by atoms with Gasteiger partial charge in [-0.3, -0.25) is 9.78 Å². The minimum Gasteiger partial charge on any atom is -0.332 e. The first-order chi connectivity index (χ1) is 10.2. The summed E-state index contributed by atoms with van der Waals surface area (Å²) in [5.74, 6) is 0.0823. The minimum absolute atomic E-state index is 0.0823. The maximum Gasteiger partial charge on any atom is 0.247 e. The van der Waals surface area contributed by atoms with E-state index in [0.29, 0.717) is 12.6 Å². The predicted molar refractivity (Wildman–Crippen MR) is 88.9 cm³/mol. The van der Waals surface area contributed by atoms with Crippen LogP contribution in [0.5, 0.6) is 0 Å². The third kappa shape index (κ3) is 4.02. The van der Waals surface area contributed by atoms with E-state index < -0.39 is 0 Å². The molecule has 0 saturated heterocycles. The standard InChI is InChI=1S/C16H15BrN2OS/c17-15-5-3-14(21-15)4-6-16(20)19(13-1-2-13)11-12-7-9-18-10-8-12/h3-10,13H,1-2,11H2/b6-4+. The quantitative estimate of drug-likeness (QED) is 0.749. The summed E-state index contributed by atoms with van der Waals surface area (Å²) >= 11 is 5.05. The van der Waals surface area contributed by atoms with Gasteiger partial charge in [-0.05, 0) is 64.7 Å². The zero-order chi connectivity index (χ0) is 14.7. The van der Waals surface area contributed by atoms with Gasteiger partial charge in [0, 0.05) is 35.9 Å². The number of hydrogen-bond donors (Lipinski definition) is 0. The van der Waals surface area contributed by atoms with Crippen molar-refractivity contribution in [2.75, 3.05) is 0 Å². The van der Waals surface area contributed by atoms with Gasteiger partial charge in [-0.25, -0.2) is 0 Å². The van der Waals surface area contributed by atoms with Crippen LogP contribution in [0.1, 0.15) is 23.3 Å². The zero-order valence-electron chi connectivity index (χ0n) is 11.4. The van der Waals surface area contributed by atoms with Crippen molar-refractivity contribution >= 4 is 39.2 Å². The average molecular weight is 363 g/mol. The second kappa shape index (κ2) is 6.54. The fourth-order valence-corrected chi connectivity index (χ4v) is 3.45. The lowest BCUT2D eigenvalue weighted by atomic mass is 10.2. The molecule has 3 rings (SSSR count). The molecule has 2 heterocycles. The van der Waals surface area contributed by atoms with Crippen molar-refractivity contribution in [3.63, 3.8) is 0 Å². The van der Waals surface area contributed by atoms with E-state index >= 15 is 0 Å². The van der Waals surface area contributed by atoms with E-state index in [9.17, 15) is 4.79 Å². The zero-order valence-corrected chi connectivity index (χ0v) is 13.8. The van der Waals surface area contributed by atoms with E-state index in [1.807, 2.05) is 35.2 Å². The van der Waals surface area contributed by atoms with Gasteiger partial charge in [0.2, 0.25) is 5.91 Å². The number of rotatable bonds is 5. The Labute approximate surface area is 136 Å². The van der Waals surface area contributed by atoms with Crippen LogP contribution in [-0.4, -0.2) is 21.8 Å². The van der Waals surface area contributed by atoms with Gasteiger partial charge < -0.3 is 4.90 Å². The van der Waals surface area contributed by atoms with Gasteiger partial charge in [-0.2, -0.15) is 0 Å². The molecule has 2 aromatic heterocycles. The number of aromatic nitrogens is 1. The molecule has 0 spiro atoms. The van der Waals surface area contributed by atoms with E-state index in [1.165, 1.54) is 0 Å². The molecule has 0 N–H and O–H groups in total. The normalized spacial score (nSPS) is 14.5. The number of carbonyl (C=O) groups is 1. The number of halogens is 1. The van der Waals surface area contributed by atoms with Gasteiger partial charge in [0.1, 0.15) is 0 Å². The molecular weight excluding hydrogens is 348 g/mol. The van der Waals surface area contributed by atoms with E-state index in [1.54, 1.807) is 29.8 Å². The first kappa shape index (κ1) is 14.5. The Balaban J connectivity index is 1.69. The summed E-state index contributed by atoms with van der Waals surface area (Å²) in [5, 5.41) is 0. The van der Waals surface area contributed by atoms with E-state index in [4.69, 9.17) is 0 Å². The molecule has 108 valence electrons. The summed E-state index contributed by atoms with van der Waals surface area (Å²) in [5.41, 5.74) is 1.12. The van der Waals surface area contributed by atoms with Crippen molar-refractivity contribution in [1.29, 1.82) is 0 Å². The Morgan fingerprint density at radius 1 is 1.33 bits per heavy atom. The monoisotopic (exact) mass is 362 g/mol. The highest BCUT2D eigenvalue weighted by Crippen LogP contribution is 2.29. The number of amides is 1. The summed E-state index contributed by atoms with van der Waals surface area (Å²) in [4.78, 5) is 19.5. The van der Waals surface area contributed by atoms with Gasteiger partial charge in [0.25, 0.3) is 0 Å². The van der Waals surface area contributed by atoms with Crippen molar-refractivity contribution in [1.82, 2.24) is 9.88 Å². The molecule has 5 heteroatoms. The van der Waals surface area contributed by atoms with Crippen molar-refractivity contribution in [3.8, 4) is 0 Å². The lowest BCUT2D eigenvalue weighted by Gasteiger charge is -2.20. The van der Waals surface area contributed by atoms with E-state index in [-0.39, 0.29) is 5.91 Å². The average Bonchev–Trinajstić information content (AvgIpc) is 3.25. The smallest absolute Gasteiger partial charge is 0.247 e. The number of hydrogen-bond acceptors (Lipinski definition) is 3. The molecular formula is C16H15BrN2OS. The van der Waals surface area contributed by atoms with Crippen molar-refractivity contribution in [2.45, 2.75) is 25.4 Å². The molecule has 1 aliphatic rings. The Morgan fingerprint density at radius 2 is 2.10 bits per heavy atom. The van der Waals surface area contributed by atoms with Crippen molar-refractivity contribution in [2.24, 2.45) is 0 Å². The van der Waals surface area contributed by atoms with Gasteiger partial charge in [0.15, 0.2) is 0 Å². The molecule has 0 unspecified atom stereocenters. The Bertz CT molecular complexity index is 649. The minimum atomic E-state index is 0.0823. The third-order valence-electron chi connectivity index (χ3n) is 3.36. The number of carbonyl (C=O) groups excluding carboxylic acids is 1. The summed E-state index contributed by atoms with van der Waals surface area (Å²) in [6.45, 7) is 0.657. The number of thiophene rings is 1. The Hall–Kier alpha value is -1.46. The van der Waals surface area contributed by atoms with Gasteiger partial charge in [-0.15, -0.1) is 11.3 Å². The molecule has 1 saturated carbocycles. The summed E-state index contributed by atoms with van der Waals surface area (Å²) in [6.07, 6.45) is 9.32. The highest BCUT2D eigenvalue weighted by atomic mass is 79.9. The molecule has 0 aromatic carbocycles. The maximum atomic E-state index is 12.4. The predicted octanol–water partition coefficient (Wildman–Crippen LogP) is 4.11. The molecule has 21 heavy (non-hydrogen) atoms. The van der Waals surface area contributed by atoms with E-state index in [2.05, 4.69) is 20.9 Å². The lowest BCUT2D eigenvalue weighted by molar-refractivity contribution is -0.127. The van der Waals surface area contributed by atoms with Gasteiger partial charge in [0.05, 0.1) is 3.79 Å². The molecule has 1 amide bonds. The first-order valence-corrected chi connectivity index (χ1v) is 8.46. The largest absolute Gasteiger partial charge is 0.332 e. The first-order valence-electron chi connectivity index (χ1n) is 6.85. The third-order valence-corrected chi connectivity index (χ3v) is 4.95. The van der Waals surface area contributed by atoms with Crippen LogP contribution in [0.2, 0.25) is 0 Å². The molecule has 0 radical (unpaired) electrons. The topological polar surface area (TPSA) is 33.2 Å². The molecule has 0 bridgehead atoms. The van der Waals surface area contributed by atoms with Crippen LogP contribution in [0.15, 0.2) is 46.5 Å². The second-order valence-electron chi connectivity index (χ2n) is 5.03. The van der Waals surface area contributed by atoms with Crippen LogP contribution in [0.25, 0.3) is 6.08 Å². The van der Waals surface area contributed by atoms with E-state index in [0.717, 1.165) is 27.1 Å². The molecule has 1 aliphatic carbocycles. The number of pyridine rings is 1. The van der Waals surface area contributed by atoms with Crippen LogP contribution in [0, 0.1) is 0 Å². The van der Waals surface area contributed by atoms with Crippen LogP contribution in [-0.2, 0) is 11.3 Å². The Morgan fingerprint density at radius 3 is 2.71 bits per heavy atom. The highest BCUT2D eigenvalue weighted by Gasteiger charge is 2.31. The van der Waals surface area contributed by atoms with Crippen molar-refractivity contribution < 1.29 is 4.79 Å². The van der Waals surface area contributed by atoms with Crippen LogP contribution >= 0.6 is 27.3 Å². The van der Waals surface area contributed by atoms with Gasteiger partial charge >= 0.3 is 0 Å². The summed E-state index contributed by atoms with van der Waals surface area (Å²) in [7, 11) is 0. The fourth-order valence-electron chi connectivity index (χ4n) is 2.13.